The molecule has 0 saturated carbocycles. The molecule has 0 aliphatic carbocycles. The van der Waals surface area contributed by atoms with E-state index in [1.54, 1.807) is 31.2 Å². The van der Waals surface area contributed by atoms with E-state index in [9.17, 15) is 19.7 Å². The van der Waals surface area contributed by atoms with Gasteiger partial charge in [0.2, 0.25) is 0 Å². The fourth-order valence-corrected chi connectivity index (χ4v) is 3.72. The van der Waals surface area contributed by atoms with Crippen LogP contribution in [0.3, 0.4) is 0 Å². The standard InChI is InChI=1S/C24H24N2O6/c1-5-32-24(28)22-16(3)25(14-17-6-8-19(9-7-17)23(27)31-4)15(2)21(22)18-10-12-20(13-11-18)26(29)30/h6-13H,5,14H2,1-4H3. The van der Waals surface area contributed by atoms with Crippen molar-refractivity contribution >= 4 is 17.6 Å². The van der Waals surface area contributed by atoms with Crippen LogP contribution in [0.1, 0.15) is 44.6 Å². The monoisotopic (exact) mass is 436 g/mol. The highest BCUT2D eigenvalue weighted by Gasteiger charge is 2.25. The summed E-state index contributed by atoms with van der Waals surface area (Å²) in [6, 6.07) is 13.2. The van der Waals surface area contributed by atoms with Crippen molar-refractivity contribution in [1.29, 1.82) is 0 Å². The predicted octanol–water partition coefficient (Wildman–Crippen LogP) is 4.69. The third-order valence-electron chi connectivity index (χ3n) is 5.35. The van der Waals surface area contributed by atoms with Crippen LogP contribution in [-0.4, -0.2) is 35.1 Å². The van der Waals surface area contributed by atoms with Gasteiger partial charge in [-0.3, -0.25) is 10.1 Å². The molecule has 166 valence electrons. The Morgan fingerprint density at radius 2 is 1.59 bits per heavy atom. The van der Waals surface area contributed by atoms with Crippen LogP contribution in [0.2, 0.25) is 0 Å². The molecular formula is C24H24N2O6. The Hall–Kier alpha value is -3.94. The van der Waals surface area contributed by atoms with Gasteiger partial charge < -0.3 is 14.0 Å². The number of hydrogen-bond donors (Lipinski definition) is 0. The van der Waals surface area contributed by atoms with Crippen LogP contribution < -0.4 is 0 Å². The minimum Gasteiger partial charge on any atom is -0.465 e. The maximum absolute atomic E-state index is 12.8. The second-order valence-electron chi connectivity index (χ2n) is 7.22. The summed E-state index contributed by atoms with van der Waals surface area (Å²) < 4.78 is 12.0. The first-order valence-electron chi connectivity index (χ1n) is 10.1. The molecule has 32 heavy (non-hydrogen) atoms. The third-order valence-corrected chi connectivity index (χ3v) is 5.35. The number of hydrogen-bond acceptors (Lipinski definition) is 6. The summed E-state index contributed by atoms with van der Waals surface area (Å²) in [5.74, 6) is -0.851. The highest BCUT2D eigenvalue weighted by molar-refractivity contribution is 6.00. The molecule has 0 radical (unpaired) electrons. The van der Waals surface area contributed by atoms with Crippen LogP contribution in [-0.2, 0) is 16.0 Å². The van der Waals surface area contributed by atoms with Crippen molar-refractivity contribution in [2.45, 2.75) is 27.3 Å². The number of benzene rings is 2. The first-order chi connectivity index (χ1) is 15.3. The molecule has 0 spiro atoms. The molecule has 0 bridgehead atoms. The third kappa shape index (κ3) is 4.39. The number of carbonyl (C=O) groups is 2. The van der Waals surface area contributed by atoms with Crippen LogP contribution in [0.4, 0.5) is 5.69 Å². The molecule has 0 N–H and O–H groups in total. The lowest BCUT2D eigenvalue weighted by atomic mass is 10.0. The number of nitrogens with zero attached hydrogens (tertiary/aromatic N) is 2. The van der Waals surface area contributed by atoms with Gasteiger partial charge in [0.25, 0.3) is 5.69 Å². The lowest BCUT2D eigenvalue weighted by Crippen LogP contribution is -2.09. The molecule has 0 saturated heterocycles. The molecule has 8 nitrogen and oxygen atoms in total. The van der Waals surface area contributed by atoms with Gasteiger partial charge in [-0.05, 0) is 56.2 Å². The van der Waals surface area contributed by atoms with Gasteiger partial charge in [0.15, 0.2) is 0 Å². The summed E-state index contributed by atoms with van der Waals surface area (Å²) in [5, 5.41) is 11.0. The van der Waals surface area contributed by atoms with Gasteiger partial charge >= 0.3 is 11.9 Å². The molecule has 8 heteroatoms. The Labute approximate surface area is 185 Å². The van der Waals surface area contributed by atoms with Crippen LogP contribution in [0.25, 0.3) is 11.1 Å². The molecule has 1 aromatic heterocycles. The van der Waals surface area contributed by atoms with Crippen LogP contribution in [0.15, 0.2) is 48.5 Å². The van der Waals surface area contributed by atoms with Gasteiger partial charge in [0.05, 0.1) is 29.8 Å². The van der Waals surface area contributed by atoms with Gasteiger partial charge in [-0.1, -0.05) is 12.1 Å². The number of methoxy groups -OCH3 is 1. The Balaban J connectivity index is 2.07. The molecule has 0 aliphatic rings. The maximum atomic E-state index is 12.8. The van der Waals surface area contributed by atoms with Crippen molar-refractivity contribution in [3.63, 3.8) is 0 Å². The fourth-order valence-electron chi connectivity index (χ4n) is 3.72. The van der Waals surface area contributed by atoms with Crippen molar-refractivity contribution in [3.05, 3.63) is 86.7 Å². The first kappa shape index (κ1) is 22.7. The summed E-state index contributed by atoms with van der Waals surface area (Å²) >= 11 is 0. The van der Waals surface area contributed by atoms with E-state index in [2.05, 4.69) is 0 Å². The summed E-state index contributed by atoms with van der Waals surface area (Å²) in [5.41, 5.74) is 4.74. The van der Waals surface area contributed by atoms with Gasteiger partial charge in [-0.15, -0.1) is 0 Å². The fraction of sp³-hybridized carbons (Fsp3) is 0.250. The van der Waals surface area contributed by atoms with Crippen LogP contribution >= 0.6 is 0 Å². The average molecular weight is 436 g/mol. The quantitative estimate of drug-likeness (QED) is 0.303. The highest BCUT2D eigenvalue weighted by atomic mass is 16.6. The van der Waals surface area contributed by atoms with Crippen LogP contribution in [0.5, 0.6) is 0 Å². The smallest absolute Gasteiger partial charge is 0.340 e. The predicted molar refractivity (Wildman–Crippen MR) is 119 cm³/mol. The van der Waals surface area contributed by atoms with E-state index < -0.39 is 16.9 Å². The van der Waals surface area contributed by atoms with Crippen molar-refractivity contribution < 1.29 is 24.0 Å². The number of aromatic nitrogens is 1. The van der Waals surface area contributed by atoms with Gasteiger partial charge in [0.1, 0.15) is 0 Å². The summed E-state index contributed by atoms with van der Waals surface area (Å²) in [7, 11) is 1.33. The van der Waals surface area contributed by atoms with E-state index in [4.69, 9.17) is 9.47 Å². The molecule has 3 aromatic rings. The highest BCUT2D eigenvalue weighted by Crippen LogP contribution is 2.34. The van der Waals surface area contributed by atoms with E-state index in [0.29, 0.717) is 28.8 Å². The van der Waals surface area contributed by atoms with Crippen molar-refractivity contribution in [2.24, 2.45) is 0 Å². The summed E-state index contributed by atoms with van der Waals surface area (Å²) in [4.78, 5) is 35.0. The molecule has 0 fully saturated rings. The number of non-ortho nitro benzene ring substituents is 1. The van der Waals surface area contributed by atoms with E-state index >= 15 is 0 Å². The second kappa shape index (κ2) is 9.47. The Bertz CT molecular complexity index is 1160. The number of nitro groups is 1. The minimum absolute atomic E-state index is 0.0223. The van der Waals surface area contributed by atoms with E-state index in [1.165, 1.54) is 19.2 Å². The zero-order valence-corrected chi connectivity index (χ0v) is 18.4. The number of carbonyl (C=O) groups excluding carboxylic acids is 2. The normalized spacial score (nSPS) is 10.6. The topological polar surface area (TPSA) is 101 Å². The van der Waals surface area contributed by atoms with Crippen molar-refractivity contribution in [1.82, 2.24) is 4.57 Å². The van der Waals surface area contributed by atoms with Crippen molar-refractivity contribution in [2.75, 3.05) is 13.7 Å². The zero-order valence-electron chi connectivity index (χ0n) is 18.4. The Morgan fingerprint density at radius 1 is 0.969 bits per heavy atom. The molecule has 0 unspecified atom stereocenters. The van der Waals surface area contributed by atoms with Gasteiger partial charge in [-0.25, -0.2) is 9.59 Å². The molecule has 0 aliphatic heterocycles. The number of nitro benzene ring substituents is 1. The lowest BCUT2D eigenvalue weighted by molar-refractivity contribution is -0.384. The van der Waals surface area contributed by atoms with Crippen LogP contribution in [0, 0.1) is 24.0 Å². The molecule has 1 heterocycles. The second-order valence-corrected chi connectivity index (χ2v) is 7.22. The SMILES string of the molecule is CCOC(=O)c1c(-c2ccc([N+](=O)[O-])cc2)c(C)n(Cc2ccc(C(=O)OC)cc2)c1C. The molecular weight excluding hydrogens is 412 g/mol. The summed E-state index contributed by atoms with van der Waals surface area (Å²) in [6.07, 6.45) is 0. The maximum Gasteiger partial charge on any atom is 0.340 e. The largest absolute Gasteiger partial charge is 0.465 e. The Morgan fingerprint density at radius 3 is 2.12 bits per heavy atom. The minimum atomic E-state index is -0.461. The summed E-state index contributed by atoms with van der Waals surface area (Å²) in [6.45, 7) is 6.19. The zero-order chi connectivity index (χ0) is 23.4. The molecule has 3 rings (SSSR count). The average Bonchev–Trinajstić information content (AvgIpc) is 3.04. The number of ether oxygens (including phenoxy) is 2. The molecule has 2 aromatic carbocycles. The molecule has 0 amide bonds. The lowest BCUT2D eigenvalue weighted by Gasteiger charge is -2.11. The number of esters is 2. The van der Waals surface area contributed by atoms with E-state index in [-0.39, 0.29) is 12.3 Å². The van der Waals surface area contributed by atoms with E-state index in [1.807, 2.05) is 30.5 Å². The number of rotatable bonds is 7. The van der Waals surface area contributed by atoms with Gasteiger partial charge in [0, 0.05) is 35.6 Å². The van der Waals surface area contributed by atoms with Gasteiger partial charge in [-0.2, -0.15) is 0 Å². The first-order valence-corrected chi connectivity index (χ1v) is 10.1. The Kier molecular flexibility index (Phi) is 6.73. The van der Waals surface area contributed by atoms with Crippen molar-refractivity contribution in [3.8, 4) is 11.1 Å². The van der Waals surface area contributed by atoms with E-state index in [0.717, 1.165) is 17.0 Å². The molecule has 0 atom stereocenters.